The largest absolute Gasteiger partial charge is 0.494 e. The molecule has 1 N–H and O–H groups in total. The highest BCUT2D eigenvalue weighted by molar-refractivity contribution is 6.06. The predicted octanol–water partition coefficient (Wildman–Crippen LogP) is 4.53. The van der Waals surface area contributed by atoms with Crippen molar-refractivity contribution in [1.82, 2.24) is 20.1 Å². The molecule has 9 heteroatoms. The van der Waals surface area contributed by atoms with Crippen LogP contribution in [0.15, 0.2) is 48.7 Å². The summed E-state index contributed by atoms with van der Waals surface area (Å²) in [5.41, 5.74) is 3.05. The summed E-state index contributed by atoms with van der Waals surface area (Å²) in [6.45, 7) is 5.14. The Morgan fingerprint density at radius 2 is 1.94 bits per heavy atom. The first-order valence-corrected chi connectivity index (χ1v) is 11.3. The van der Waals surface area contributed by atoms with Crippen molar-refractivity contribution in [3.8, 4) is 28.5 Å². The van der Waals surface area contributed by atoms with E-state index in [0.717, 1.165) is 5.56 Å². The molecule has 1 aliphatic heterocycles. The van der Waals surface area contributed by atoms with E-state index in [1.807, 2.05) is 32.0 Å². The summed E-state index contributed by atoms with van der Waals surface area (Å²) in [5.74, 6) is 0.681. The number of nitrogens with zero attached hydrogens (tertiary/aromatic N) is 3. The normalized spacial score (nSPS) is 12.7. The zero-order chi connectivity index (χ0) is 24.5. The Morgan fingerprint density at radius 1 is 1.14 bits per heavy atom. The molecule has 2 aromatic heterocycles. The van der Waals surface area contributed by atoms with E-state index in [-0.39, 0.29) is 24.2 Å². The van der Waals surface area contributed by atoms with Gasteiger partial charge in [0.15, 0.2) is 28.7 Å². The molecule has 1 amide bonds. The maximum absolute atomic E-state index is 14.1. The third-order valence-electron chi connectivity index (χ3n) is 5.81. The van der Waals surface area contributed by atoms with E-state index in [4.69, 9.17) is 19.2 Å². The minimum absolute atomic E-state index is 0.0497. The van der Waals surface area contributed by atoms with Gasteiger partial charge in [-0.2, -0.15) is 5.10 Å². The van der Waals surface area contributed by atoms with Crippen LogP contribution in [0.1, 0.15) is 35.8 Å². The maximum Gasteiger partial charge on any atom is 0.252 e. The Kier molecular flexibility index (Phi) is 5.98. The van der Waals surface area contributed by atoms with Crippen LogP contribution in [0.2, 0.25) is 0 Å². The average molecular weight is 477 g/mol. The zero-order valence-electron chi connectivity index (χ0n) is 19.7. The Morgan fingerprint density at radius 3 is 2.69 bits per heavy atom. The number of carbonyl (C=O) groups is 1. The molecular formula is C26H25FN4O4. The van der Waals surface area contributed by atoms with Crippen LogP contribution in [-0.4, -0.2) is 41.0 Å². The number of fused-ring (bicyclic) bond motifs is 2. The lowest BCUT2D eigenvalue weighted by Crippen LogP contribution is -2.23. The van der Waals surface area contributed by atoms with Gasteiger partial charge in [0.05, 0.1) is 30.0 Å². The van der Waals surface area contributed by atoms with Gasteiger partial charge in [0.25, 0.3) is 5.91 Å². The standard InChI is InChI=1S/C26H25FN4O4/c1-15(2)31-25-19(14-29-31)18(26(32)28-13-16-4-6-22(33-3)20(27)10-16)12-21(30-25)17-5-7-23-24(11-17)35-9-8-34-23/h4-7,10-12,14-15H,8-9,13H2,1-3H3,(H,28,32). The zero-order valence-corrected chi connectivity index (χ0v) is 19.7. The van der Waals surface area contributed by atoms with Gasteiger partial charge < -0.3 is 19.5 Å². The van der Waals surface area contributed by atoms with Gasteiger partial charge in [-0.3, -0.25) is 4.79 Å². The van der Waals surface area contributed by atoms with Crippen molar-refractivity contribution >= 4 is 16.9 Å². The van der Waals surface area contributed by atoms with E-state index < -0.39 is 5.82 Å². The van der Waals surface area contributed by atoms with Gasteiger partial charge in [-0.15, -0.1) is 0 Å². The number of rotatable bonds is 6. The van der Waals surface area contributed by atoms with Crippen molar-refractivity contribution in [3.63, 3.8) is 0 Å². The van der Waals surface area contributed by atoms with Gasteiger partial charge in [-0.25, -0.2) is 14.1 Å². The first-order valence-electron chi connectivity index (χ1n) is 11.3. The summed E-state index contributed by atoms with van der Waals surface area (Å²) >= 11 is 0. The summed E-state index contributed by atoms with van der Waals surface area (Å²) < 4.78 is 32.2. The topological polar surface area (TPSA) is 87.5 Å². The van der Waals surface area contributed by atoms with Gasteiger partial charge in [-0.1, -0.05) is 6.07 Å². The minimum Gasteiger partial charge on any atom is -0.494 e. The molecule has 0 saturated heterocycles. The molecule has 180 valence electrons. The molecule has 5 rings (SSSR count). The van der Waals surface area contributed by atoms with Gasteiger partial charge >= 0.3 is 0 Å². The summed E-state index contributed by atoms with van der Waals surface area (Å²) in [5, 5.41) is 7.98. The van der Waals surface area contributed by atoms with E-state index in [1.165, 1.54) is 19.2 Å². The molecule has 4 aromatic rings. The van der Waals surface area contributed by atoms with Crippen molar-refractivity contribution in [2.24, 2.45) is 0 Å². The van der Waals surface area contributed by atoms with Crippen molar-refractivity contribution in [2.75, 3.05) is 20.3 Å². The molecule has 0 radical (unpaired) electrons. The predicted molar refractivity (Wildman–Crippen MR) is 128 cm³/mol. The van der Waals surface area contributed by atoms with E-state index in [1.54, 1.807) is 23.0 Å². The van der Waals surface area contributed by atoms with Crippen LogP contribution in [0.5, 0.6) is 17.2 Å². The molecule has 0 atom stereocenters. The van der Waals surface area contributed by atoms with Gasteiger partial charge in [-0.05, 0) is 55.8 Å². The van der Waals surface area contributed by atoms with E-state index in [2.05, 4.69) is 10.4 Å². The Labute approximate surface area is 201 Å². The average Bonchev–Trinajstić information content (AvgIpc) is 3.31. The number of halogens is 1. The molecule has 0 aliphatic carbocycles. The van der Waals surface area contributed by atoms with Crippen LogP contribution < -0.4 is 19.5 Å². The molecule has 3 heterocycles. The fraction of sp³-hybridized carbons (Fsp3) is 0.269. The number of hydrogen-bond acceptors (Lipinski definition) is 6. The number of carbonyl (C=O) groups excluding carboxylic acids is 1. The van der Waals surface area contributed by atoms with E-state index >= 15 is 0 Å². The Balaban J connectivity index is 1.51. The lowest BCUT2D eigenvalue weighted by Gasteiger charge is -2.19. The first-order chi connectivity index (χ1) is 16.9. The molecule has 0 fully saturated rings. The molecule has 8 nitrogen and oxygen atoms in total. The summed E-state index contributed by atoms with van der Waals surface area (Å²) in [7, 11) is 1.41. The van der Waals surface area contributed by atoms with Crippen LogP contribution in [0, 0.1) is 5.82 Å². The molecule has 35 heavy (non-hydrogen) atoms. The number of aromatic nitrogens is 3. The van der Waals surface area contributed by atoms with Crippen molar-refractivity contribution in [3.05, 3.63) is 65.6 Å². The number of amides is 1. The summed E-state index contributed by atoms with van der Waals surface area (Å²) in [6.07, 6.45) is 1.65. The molecular weight excluding hydrogens is 451 g/mol. The van der Waals surface area contributed by atoms with Gasteiger partial charge in [0, 0.05) is 18.2 Å². The van der Waals surface area contributed by atoms with Crippen LogP contribution in [0.25, 0.3) is 22.3 Å². The molecule has 0 bridgehead atoms. The van der Waals surface area contributed by atoms with Crippen molar-refractivity contribution < 1.29 is 23.4 Å². The monoisotopic (exact) mass is 476 g/mol. The Hall–Kier alpha value is -4.14. The summed E-state index contributed by atoms with van der Waals surface area (Å²) in [4.78, 5) is 18.1. The first kappa shape index (κ1) is 22.6. The highest BCUT2D eigenvalue weighted by Crippen LogP contribution is 2.35. The lowest BCUT2D eigenvalue weighted by atomic mass is 10.1. The smallest absolute Gasteiger partial charge is 0.252 e. The van der Waals surface area contributed by atoms with Gasteiger partial charge in [0.1, 0.15) is 13.2 Å². The van der Waals surface area contributed by atoms with Gasteiger partial charge in [0.2, 0.25) is 0 Å². The third-order valence-corrected chi connectivity index (χ3v) is 5.81. The maximum atomic E-state index is 14.1. The number of methoxy groups -OCH3 is 1. The van der Waals surface area contributed by atoms with Crippen LogP contribution >= 0.6 is 0 Å². The Bertz CT molecular complexity index is 1420. The molecule has 0 unspecified atom stereocenters. The SMILES string of the molecule is COc1ccc(CNC(=O)c2cc(-c3ccc4c(c3)OCCO4)nc3c2cnn3C(C)C)cc1F. The molecule has 1 aliphatic rings. The van der Waals surface area contributed by atoms with Crippen LogP contribution in [0.3, 0.4) is 0 Å². The second-order valence-electron chi connectivity index (χ2n) is 8.49. The molecule has 2 aromatic carbocycles. The second-order valence-corrected chi connectivity index (χ2v) is 8.49. The van der Waals surface area contributed by atoms with Crippen LogP contribution in [-0.2, 0) is 6.54 Å². The summed E-state index contributed by atoms with van der Waals surface area (Å²) in [6, 6.07) is 12.0. The number of hydrogen-bond donors (Lipinski definition) is 1. The highest BCUT2D eigenvalue weighted by Gasteiger charge is 2.20. The number of nitrogens with one attached hydrogen (secondary N) is 1. The van der Waals surface area contributed by atoms with E-state index in [0.29, 0.717) is 52.6 Å². The van der Waals surface area contributed by atoms with Crippen molar-refractivity contribution in [2.45, 2.75) is 26.4 Å². The number of benzene rings is 2. The fourth-order valence-corrected chi connectivity index (χ4v) is 4.03. The quantitative estimate of drug-likeness (QED) is 0.440. The third kappa shape index (κ3) is 4.37. The second kappa shape index (κ2) is 9.25. The van der Waals surface area contributed by atoms with Crippen molar-refractivity contribution in [1.29, 1.82) is 0 Å². The fourth-order valence-electron chi connectivity index (χ4n) is 4.03. The number of pyridine rings is 1. The van der Waals surface area contributed by atoms with Crippen LogP contribution in [0.4, 0.5) is 4.39 Å². The number of ether oxygens (including phenoxy) is 3. The molecule has 0 spiro atoms. The minimum atomic E-state index is -0.482. The molecule has 0 saturated carbocycles. The van der Waals surface area contributed by atoms with E-state index in [9.17, 15) is 9.18 Å². The lowest BCUT2D eigenvalue weighted by molar-refractivity contribution is 0.0952. The highest BCUT2D eigenvalue weighted by atomic mass is 19.1.